The standard InChI is InChI=1S/C13H20N4S/c1-11(5-9-17-8-3-6-15-17)14-7-4-13-10-18-12(2)16-13/h3,6,8,10-11,14H,4-5,7,9H2,1-2H3. The fraction of sp³-hybridized carbons (Fsp3) is 0.538. The van der Waals surface area contributed by atoms with Gasteiger partial charge in [-0.2, -0.15) is 5.10 Å². The molecule has 0 aromatic carbocycles. The van der Waals surface area contributed by atoms with Gasteiger partial charge in [0.05, 0.1) is 10.7 Å². The number of rotatable bonds is 7. The van der Waals surface area contributed by atoms with Gasteiger partial charge in [-0.15, -0.1) is 11.3 Å². The van der Waals surface area contributed by atoms with Crippen LogP contribution in [-0.4, -0.2) is 27.4 Å². The maximum Gasteiger partial charge on any atom is 0.0897 e. The molecule has 0 saturated heterocycles. The second-order valence-electron chi connectivity index (χ2n) is 4.52. The van der Waals surface area contributed by atoms with E-state index in [9.17, 15) is 0 Å². The quantitative estimate of drug-likeness (QED) is 0.834. The van der Waals surface area contributed by atoms with Crippen LogP contribution in [0, 0.1) is 6.92 Å². The SMILES string of the molecule is Cc1nc(CCNC(C)CCn2cccn2)cs1. The van der Waals surface area contributed by atoms with Crippen molar-refractivity contribution in [1.29, 1.82) is 0 Å². The first-order chi connectivity index (χ1) is 8.74. The molecule has 1 N–H and O–H groups in total. The third kappa shape index (κ3) is 4.23. The van der Waals surface area contributed by atoms with Gasteiger partial charge in [0.1, 0.15) is 0 Å². The molecule has 0 aliphatic carbocycles. The number of nitrogens with one attached hydrogen (secondary N) is 1. The molecule has 2 rings (SSSR count). The number of aryl methyl sites for hydroxylation is 2. The number of aromatic nitrogens is 3. The van der Waals surface area contributed by atoms with Gasteiger partial charge < -0.3 is 5.32 Å². The van der Waals surface area contributed by atoms with Gasteiger partial charge in [0.2, 0.25) is 0 Å². The minimum atomic E-state index is 0.508. The van der Waals surface area contributed by atoms with Crippen LogP contribution in [0.2, 0.25) is 0 Å². The molecular formula is C13H20N4S. The summed E-state index contributed by atoms with van der Waals surface area (Å²) in [5.74, 6) is 0. The van der Waals surface area contributed by atoms with Crippen molar-refractivity contribution in [3.05, 3.63) is 34.5 Å². The van der Waals surface area contributed by atoms with Crippen molar-refractivity contribution in [3.63, 3.8) is 0 Å². The Morgan fingerprint density at radius 1 is 1.50 bits per heavy atom. The normalized spacial score (nSPS) is 12.8. The molecule has 0 bridgehead atoms. The highest BCUT2D eigenvalue weighted by Crippen LogP contribution is 2.08. The van der Waals surface area contributed by atoms with E-state index in [-0.39, 0.29) is 0 Å². The van der Waals surface area contributed by atoms with Crippen LogP contribution in [0.15, 0.2) is 23.8 Å². The topological polar surface area (TPSA) is 42.7 Å². The third-order valence-corrected chi connectivity index (χ3v) is 3.71. The van der Waals surface area contributed by atoms with E-state index in [0.717, 1.165) is 30.9 Å². The van der Waals surface area contributed by atoms with Crippen LogP contribution in [0.5, 0.6) is 0 Å². The van der Waals surface area contributed by atoms with Crippen LogP contribution >= 0.6 is 11.3 Å². The average molecular weight is 264 g/mol. The van der Waals surface area contributed by atoms with Gasteiger partial charge in [0, 0.05) is 43.3 Å². The molecule has 98 valence electrons. The van der Waals surface area contributed by atoms with Crippen molar-refractivity contribution in [1.82, 2.24) is 20.1 Å². The van der Waals surface area contributed by atoms with Crippen LogP contribution in [-0.2, 0) is 13.0 Å². The lowest BCUT2D eigenvalue weighted by Crippen LogP contribution is -2.29. The maximum absolute atomic E-state index is 4.46. The molecule has 18 heavy (non-hydrogen) atoms. The van der Waals surface area contributed by atoms with Crippen molar-refractivity contribution >= 4 is 11.3 Å². The smallest absolute Gasteiger partial charge is 0.0897 e. The fourth-order valence-corrected chi connectivity index (χ4v) is 2.48. The summed E-state index contributed by atoms with van der Waals surface area (Å²) in [7, 11) is 0. The largest absolute Gasteiger partial charge is 0.314 e. The Bertz CT molecular complexity index is 449. The first-order valence-corrected chi connectivity index (χ1v) is 7.24. The summed E-state index contributed by atoms with van der Waals surface area (Å²) in [6.07, 6.45) is 5.93. The summed E-state index contributed by atoms with van der Waals surface area (Å²) in [5, 5.41) is 11.0. The van der Waals surface area contributed by atoms with Gasteiger partial charge >= 0.3 is 0 Å². The molecule has 2 heterocycles. The molecule has 0 spiro atoms. The Kier molecular flexibility index (Phi) is 4.90. The lowest BCUT2D eigenvalue weighted by molar-refractivity contribution is 0.460. The molecule has 5 heteroatoms. The molecule has 4 nitrogen and oxygen atoms in total. The number of hydrogen-bond acceptors (Lipinski definition) is 4. The van der Waals surface area contributed by atoms with Crippen LogP contribution in [0.25, 0.3) is 0 Å². The van der Waals surface area contributed by atoms with E-state index >= 15 is 0 Å². The predicted molar refractivity (Wildman–Crippen MR) is 74.9 cm³/mol. The highest BCUT2D eigenvalue weighted by atomic mass is 32.1. The number of thiazole rings is 1. The summed E-state index contributed by atoms with van der Waals surface area (Å²) in [6.45, 7) is 6.23. The average Bonchev–Trinajstić information content (AvgIpc) is 2.98. The van der Waals surface area contributed by atoms with Crippen molar-refractivity contribution in [2.75, 3.05) is 6.54 Å². The lowest BCUT2D eigenvalue weighted by atomic mass is 10.2. The van der Waals surface area contributed by atoms with Crippen LogP contribution in [0.4, 0.5) is 0 Å². The molecular weight excluding hydrogens is 244 g/mol. The zero-order valence-corrected chi connectivity index (χ0v) is 11.8. The van der Waals surface area contributed by atoms with E-state index in [1.165, 1.54) is 5.69 Å². The molecule has 2 aromatic rings. The van der Waals surface area contributed by atoms with Crippen LogP contribution in [0.3, 0.4) is 0 Å². The van der Waals surface area contributed by atoms with E-state index in [1.54, 1.807) is 11.3 Å². The minimum Gasteiger partial charge on any atom is -0.314 e. The Morgan fingerprint density at radius 3 is 3.06 bits per heavy atom. The van der Waals surface area contributed by atoms with Gasteiger partial charge in [-0.3, -0.25) is 4.68 Å². The number of hydrogen-bond donors (Lipinski definition) is 1. The summed E-state index contributed by atoms with van der Waals surface area (Å²) in [4.78, 5) is 4.46. The van der Waals surface area contributed by atoms with Gasteiger partial charge in [0.25, 0.3) is 0 Å². The second-order valence-corrected chi connectivity index (χ2v) is 5.58. The highest BCUT2D eigenvalue weighted by Gasteiger charge is 2.03. The Hall–Kier alpha value is -1.20. The minimum absolute atomic E-state index is 0.508. The Labute approximate surface area is 112 Å². The molecule has 0 aliphatic rings. The van der Waals surface area contributed by atoms with Crippen molar-refractivity contribution in [3.8, 4) is 0 Å². The number of nitrogens with zero attached hydrogens (tertiary/aromatic N) is 3. The molecule has 1 atom stereocenters. The molecule has 2 aromatic heterocycles. The Morgan fingerprint density at radius 2 is 2.39 bits per heavy atom. The van der Waals surface area contributed by atoms with Crippen LogP contribution < -0.4 is 5.32 Å². The summed E-state index contributed by atoms with van der Waals surface area (Å²) >= 11 is 1.72. The van der Waals surface area contributed by atoms with Gasteiger partial charge in [-0.05, 0) is 26.3 Å². The summed E-state index contributed by atoms with van der Waals surface area (Å²) < 4.78 is 1.97. The maximum atomic E-state index is 4.46. The van der Waals surface area contributed by atoms with E-state index in [2.05, 4.69) is 27.7 Å². The molecule has 0 aliphatic heterocycles. The highest BCUT2D eigenvalue weighted by molar-refractivity contribution is 7.09. The van der Waals surface area contributed by atoms with Gasteiger partial charge in [-0.1, -0.05) is 0 Å². The molecule has 0 fully saturated rings. The van der Waals surface area contributed by atoms with E-state index in [4.69, 9.17) is 0 Å². The first kappa shape index (κ1) is 13.2. The van der Waals surface area contributed by atoms with Crippen LogP contribution in [0.1, 0.15) is 24.0 Å². The fourth-order valence-electron chi connectivity index (χ4n) is 1.83. The Balaban J connectivity index is 1.61. The van der Waals surface area contributed by atoms with Crippen molar-refractivity contribution in [2.24, 2.45) is 0 Å². The van der Waals surface area contributed by atoms with Gasteiger partial charge in [-0.25, -0.2) is 4.98 Å². The third-order valence-electron chi connectivity index (χ3n) is 2.89. The molecule has 0 radical (unpaired) electrons. The summed E-state index contributed by atoms with van der Waals surface area (Å²) in [5.41, 5.74) is 1.20. The molecule has 0 saturated carbocycles. The monoisotopic (exact) mass is 264 g/mol. The summed E-state index contributed by atoms with van der Waals surface area (Å²) in [6, 6.07) is 2.47. The molecule has 1 unspecified atom stereocenters. The van der Waals surface area contributed by atoms with E-state index < -0.39 is 0 Å². The van der Waals surface area contributed by atoms with Gasteiger partial charge in [0.15, 0.2) is 0 Å². The van der Waals surface area contributed by atoms with Crippen molar-refractivity contribution in [2.45, 2.75) is 39.3 Å². The first-order valence-electron chi connectivity index (χ1n) is 6.36. The van der Waals surface area contributed by atoms with E-state index in [1.807, 2.05) is 30.1 Å². The predicted octanol–water partition coefficient (Wildman–Crippen LogP) is 2.26. The lowest BCUT2D eigenvalue weighted by Gasteiger charge is -2.13. The van der Waals surface area contributed by atoms with Crippen molar-refractivity contribution < 1.29 is 0 Å². The zero-order chi connectivity index (χ0) is 12.8. The second kappa shape index (κ2) is 6.66. The molecule has 0 amide bonds. The van der Waals surface area contributed by atoms with E-state index in [0.29, 0.717) is 6.04 Å². The zero-order valence-electron chi connectivity index (χ0n) is 11.0.